The quantitative estimate of drug-likeness (QED) is 0.0990. The number of oxime groups is 1. The van der Waals surface area contributed by atoms with E-state index in [0.717, 1.165) is 11.3 Å². The molecule has 3 amide bonds. The molecule has 1 aromatic heterocycles. The minimum absolute atomic E-state index is 0. The van der Waals surface area contributed by atoms with Gasteiger partial charge in [-0.15, -0.1) is 11.3 Å². The van der Waals surface area contributed by atoms with E-state index < -0.39 is 40.1 Å². The Morgan fingerprint density at radius 1 is 1.34 bits per heavy atom. The SMILES string of the molecule is CO/N=C(\C(=O)NC1C(=O)N(S(=O)(=O)O)C1C(=O)Nc1ccccc1)c1csc(N)n1.[H-].[Na+]. The predicted octanol–water partition coefficient (Wildman–Crippen LogP) is -3.67. The maximum Gasteiger partial charge on any atom is 1.00 e. The molecular weight excluding hydrogens is 475 g/mol. The second-order valence-electron chi connectivity index (χ2n) is 6.06. The minimum Gasteiger partial charge on any atom is -1.00 e. The molecule has 1 aliphatic heterocycles. The molecule has 0 bridgehead atoms. The molecule has 166 valence electrons. The van der Waals surface area contributed by atoms with Crippen molar-refractivity contribution >= 4 is 55.9 Å². The van der Waals surface area contributed by atoms with Crippen LogP contribution in [-0.4, -0.2) is 64.9 Å². The number of anilines is 2. The van der Waals surface area contributed by atoms with Crippen LogP contribution < -0.4 is 45.9 Å². The Hall–Kier alpha value is -2.56. The first-order chi connectivity index (χ1) is 14.6. The number of thiazole rings is 1. The molecule has 13 nitrogen and oxygen atoms in total. The molecule has 0 spiro atoms. The smallest absolute Gasteiger partial charge is 1.00 e. The van der Waals surface area contributed by atoms with Gasteiger partial charge in [0, 0.05) is 11.1 Å². The monoisotopic (exact) mass is 492 g/mol. The molecule has 2 heterocycles. The first-order valence-corrected chi connectivity index (χ1v) is 10.7. The number of hydrogen-bond donors (Lipinski definition) is 4. The summed E-state index contributed by atoms with van der Waals surface area (Å²) in [5.74, 6) is -3.13. The average molecular weight is 492 g/mol. The van der Waals surface area contributed by atoms with Crippen LogP contribution in [-0.2, 0) is 29.5 Å². The largest absolute Gasteiger partial charge is 1.00 e. The van der Waals surface area contributed by atoms with E-state index in [-0.39, 0.29) is 51.8 Å². The summed E-state index contributed by atoms with van der Waals surface area (Å²) in [6.45, 7) is 0. The van der Waals surface area contributed by atoms with Gasteiger partial charge in [-0.1, -0.05) is 23.4 Å². The zero-order chi connectivity index (χ0) is 22.8. The van der Waals surface area contributed by atoms with Gasteiger partial charge in [-0.2, -0.15) is 12.7 Å². The van der Waals surface area contributed by atoms with E-state index in [1.807, 2.05) is 0 Å². The molecule has 1 aromatic carbocycles. The number of nitrogens with two attached hydrogens (primary N) is 1. The third-order valence-electron chi connectivity index (χ3n) is 4.06. The summed E-state index contributed by atoms with van der Waals surface area (Å²) in [5, 5.41) is 9.75. The fourth-order valence-corrected chi connectivity index (χ4v) is 4.15. The van der Waals surface area contributed by atoms with Crippen molar-refractivity contribution in [3.05, 3.63) is 41.4 Å². The van der Waals surface area contributed by atoms with E-state index in [4.69, 9.17) is 5.73 Å². The van der Waals surface area contributed by atoms with Crippen molar-refractivity contribution in [1.82, 2.24) is 14.6 Å². The van der Waals surface area contributed by atoms with Crippen molar-refractivity contribution in [3.8, 4) is 0 Å². The fourth-order valence-electron chi connectivity index (χ4n) is 2.76. The number of para-hydroxylation sites is 1. The number of carbonyl (C=O) groups is 3. The van der Waals surface area contributed by atoms with Gasteiger partial charge in [-0.25, -0.2) is 4.98 Å². The third-order valence-corrected chi connectivity index (χ3v) is 5.64. The van der Waals surface area contributed by atoms with Gasteiger partial charge in [0.05, 0.1) is 0 Å². The number of nitrogens with zero attached hydrogens (tertiary/aromatic N) is 3. The molecule has 0 aliphatic carbocycles. The Labute approximate surface area is 209 Å². The van der Waals surface area contributed by atoms with E-state index in [1.165, 1.54) is 24.6 Å². The molecule has 2 atom stereocenters. The fraction of sp³-hybridized carbons (Fsp3) is 0.188. The van der Waals surface area contributed by atoms with Gasteiger partial charge in [-0.3, -0.25) is 18.9 Å². The van der Waals surface area contributed by atoms with Crippen LogP contribution in [0.25, 0.3) is 0 Å². The van der Waals surface area contributed by atoms with Gasteiger partial charge in [-0.05, 0) is 12.1 Å². The second kappa shape index (κ2) is 10.4. The molecule has 0 saturated carbocycles. The number of rotatable bonds is 7. The number of benzene rings is 1. The molecular formula is C16H17N6NaO7S2. The van der Waals surface area contributed by atoms with Crippen molar-refractivity contribution in [2.24, 2.45) is 5.16 Å². The maximum absolute atomic E-state index is 12.7. The Balaban J connectivity index is 0.00000272. The van der Waals surface area contributed by atoms with E-state index >= 15 is 0 Å². The number of carbonyl (C=O) groups excluding carboxylic acids is 3. The van der Waals surface area contributed by atoms with E-state index in [1.54, 1.807) is 18.2 Å². The molecule has 16 heteroatoms. The van der Waals surface area contributed by atoms with Crippen LogP contribution in [0.2, 0.25) is 0 Å². The summed E-state index contributed by atoms with van der Waals surface area (Å²) in [6, 6.07) is 4.65. The van der Waals surface area contributed by atoms with Crippen molar-refractivity contribution < 1.29 is 63.2 Å². The summed E-state index contributed by atoms with van der Waals surface area (Å²) >= 11 is 1.02. The van der Waals surface area contributed by atoms with Crippen LogP contribution in [0.1, 0.15) is 7.12 Å². The van der Waals surface area contributed by atoms with Crippen LogP contribution >= 0.6 is 11.3 Å². The van der Waals surface area contributed by atoms with Crippen molar-refractivity contribution in [2.75, 3.05) is 18.2 Å². The summed E-state index contributed by atoms with van der Waals surface area (Å²) in [5.41, 5.74) is 5.55. The molecule has 3 rings (SSSR count). The molecule has 2 aromatic rings. The molecule has 0 radical (unpaired) electrons. The number of aromatic nitrogens is 1. The van der Waals surface area contributed by atoms with Gasteiger partial charge < -0.3 is 22.6 Å². The Morgan fingerprint density at radius 3 is 2.53 bits per heavy atom. The van der Waals surface area contributed by atoms with Gasteiger partial charge in [0.15, 0.2) is 16.9 Å². The molecule has 1 fully saturated rings. The topological polar surface area (TPSA) is 193 Å². The van der Waals surface area contributed by atoms with E-state index in [9.17, 15) is 27.4 Å². The van der Waals surface area contributed by atoms with Crippen LogP contribution in [0.4, 0.5) is 10.8 Å². The van der Waals surface area contributed by atoms with Crippen molar-refractivity contribution in [2.45, 2.75) is 12.1 Å². The number of β-lactam (4-membered cyclic amide) rings is 1. The molecule has 2 unspecified atom stereocenters. The summed E-state index contributed by atoms with van der Waals surface area (Å²) in [6.07, 6.45) is 0. The predicted molar refractivity (Wildman–Crippen MR) is 110 cm³/mol. The van der Waals surface area contributed by atoms with E-state index in [2.05, 4.69) is 25.6 Å². The van der Waals surface area contributed by atoms with Crippen LogP contribution in [0, 0.1) is 0 Å². The Bertz CT molecular complexity index is 1160. The van der Waals surface area contributed by atoms with Crippen LogP contribution in [0.3, 0.4) is 0 Å². The summed E-state index contributed by atoms with van der Waals surface area (Å²) in [4.78, 5) is 46.1. The number of nitrogen functional groups attached to an aromatic ring is 1. The third kappa shape index (κ3) is 5.43. The number of nitrogens with one attached hydrogen (secondary N) is 2. The van der Waals surface area contributed by atoms with Crippen molar-refractivity contribution in [1.29, 1.82) is 0 Å². The first-order valence-electron chi connectivity index (χ1n) is 8.43. The minimum atomic E-state index is -5.06. The van der Waals surface area contributed by atoms with E-state index in [0.29, 0.717) is 5.69 Å². The normalized spacial score (nSPS) is 18.2. The Kier molecular flexibility index (Phi) is 8.33. The van der Waals surface area contributed by atoms with Crippen LogP contribution in [0.15, 0.2) is 40.9 Å². The molecule has 1 saturated heterocycles. The van der Waals surface area contributed by atoms with Gasteiger partial charge in [0.1, 0.15) is 18.8 Å². The number of amides is 3. The second-order valence-corrected chi connectivity index (χ2v) is 8.24. The summed E-state index contributed by atoms with van der Waals surface area (Å²) < 4.78 is 32.5. The first kappa shape index (κ1) is 25.7. The summed E-state index contributed by atoms with van der Waals surface area (Å²) in [7, 11) is -3.89. The standard InChI is InChI=1S/C16H16N6O7S2.Na.H/c1-29-21-10(9-7-30-16(17)19-9)13(23)20-11-12(22(15(11)25)31(26,27)28)14(24)18-8-5-3-2-4-6-8;;/h2-7,11-12H,1H3,(H2,17,19)(H,18,24)(H,20,23)(H,26,27,28);;/q;+1;-1/b21-10-;;. The van der Waals surface area contributed by atoms with Gasteiger partial charge in [0.25, 0.3) is 17.7 Å². The molecule has 5 N–H and O–H groups in total. The van der Waals surface area contributed by atoms with Crippen molar-refractivity contribution in [3.63, 3.8) is 0 Å². The Morgan fingerprint density at radius 2 is 2.00 bits per heavy atom. The average Bonchev–Trinajstić information content (AvgIpc) is 3.13. The zero-order valence-electron chi connectivity index (χ0n) is 17.8. The maximum atomic E-state index is 12.7. The molecule has 32 heavy (non-hydrogen) atoms. The van der Waals surface area contributed by atoms with Gasteiger partial charge >= 0.3 is 39.9 Å². The number of hydrogen-bond acceptors (Lipinski definition) is 10. The zero-order valence-corrected chi connectivity index (χ0v) is 20.4. The van der Waals surface area contributed by atoms with Gasteiger partial charge in [0.2, 0.25) is 0 Å². The van der Waals surface area contributed by atoms with Crippen LogP contribution in [0.5, 0.6) is 0 Å². The molecule has 1 aliphatic rings.